The summed E-state index contributed by atoms with van der Waals surface area (Å²) in [5.74, 6) is 0.665. The molecular weight excluding hydrogens is 574 g/mol. The molecule has 0 amide bonds. The van der Waals surface area contributed by atoms with Crippen molar-refractivity contribution < 1.29 is 4.42 Å². The van der Waals surface area contributed by atoms with E-state index in [1.165, 1.54) is 10.8 Å². The van der Waals surface area contributed by atoms with E-state index in [1.54, 1.807) is 6.20 Å². The van der Waals surface area contributed by atoms with Crippen LogP contribution in [0.25, 0.3) is 88.9 Å². The van der Waals surface area contributed by atoms with Crippen molar-refractivity contribution in [3.8, 4) is 56.2 Å². The molecule has 0 radical (unpaired) electrons. The van der Waals surface area contributed by atoms with Crippen LogP contribution in [0.5, 0.6) is 0 Å². The first-order valence-electron chi connectivity index (χ1n) is 15.7. The van der Waals surface area contributed by atoms with Gasteiger partial charge in [0, 0.05) is 45.4 Å². The van der Waals surface area contributed by atoms with Crippen molar-refractivity contribution in [2.75, 3.05) is 0 Å². The van der Waals surface area contributed by atoms with Gasteiger partial charge in [0.2, 0.25) is 0 Å². The molecule has 3 aromatic heterocycles. The van der Waals surface area contributed by atoms with Crippen LogP contribution in [0, 0.1) is 0 Å². The van der Waals surface area contributed by atoms with Crippen LogP contribution in [0.4, 0.5) is 0 Å². The van der Waals surface area contributed by atoms with E-state index in [4.69, 9.17) is 14.4 Å². The molecule has 0 atom stereocenters. The molecule has 4 heteroatoms. The predicted octanol–water partition coefficient (Wildman–Crippen LogP) is 11.3. The summed E-state index contributed by atoms with van der Waals surface area (Å²) < 4.78 is 6.52. The maximum absolute atomic E-state index is 6.52. The van der Waals surface area contributed by atoms with Crippen LogP contribution >= 0.6 is 0 Å². The molecule has 0 bridgehead atoms. The highest BCUT2D eigenvalue weighted by atomic mass is 16.3. The Hall–Kier alpha value is -6.39. The minimum absolute atomic E-state index is 0.665. The van der Waals surface area contributed by atoms with Crippen LogP contribution in [-0.4, -0.2) is 15.0 Å². The van der Waals surface area contributed by atoms with Crippen molar-refractivity contribution in [3.05, 3.63) is 164 Å². The lowest BCUT2D eigenvalue weighted by atomic mass is 9.91. The SMILES string of the molecule is c1ccc(-c2nc(-c3cccnc3)cc(-c3cc(-c4cccc5ccccc45)cc(-c4cccc5c4oc4ccccc45)c3)n2)cc1. The summed E-state index contributed by atoms with van der Waals surface area (Å²) in [5.41, 5.74) is 10.6. The minimum Gasteiger partial charge on any atom is -0.455 e. The molecule has 0 aliphatic heterocycles. The van der Waals surface area contributed by atoms with Gasteiger partial charge in [-0.3, -0.25) is 4.98 Å². The third-order valence-electron chi connectivity index (χ3n) is 8.76. The van der Waals surface area contributed by atoms with Gasteiger partial charge in [-0.2, -0.15) is 0 Å². The monoisotopic (exact) mass is 601 g/mol. The fraction of sp³-hybridized carbons (Fsp3) is 0. The topological polar surface area (TPSA) is 51.8 Å². The maximum Gasteiger partial charge on any atom is 0.160 e. The van der Waals surface area contributed by atoms with Gasteiger partial charge in [0.15, 0.2) is 5.82 Å². The first kappa shape index (κ1) is 27.0. The zero-order valence-corrected chi connectivity index (χ0v) is 25.3. The number of benzene rings is 6. The second kappa shape index (κ2) is 11.2. The summed E-state index contributed by atoms with van der Waals surface area (Å²) in [4.78, 5) is 14.6. The highest BCUT2D eigenvalue weighted by molar-refractivity contribution is 6.10. The van der Waals surface area contributed by atoms with E-state index in [1.807, 2.05) is 60.8 Å². The number of pyridine rings is 1. The summed E-state index contributed by atoms with van der Waals surface area (Å²) in [7, 11) is 0. The Morgan fingerprint density at radius 1 is 0.426 bits per heavy atom. The molecule has 0 fully saturated rings. The van der Waals surface area contributed by atoms with E-state index in [-0.39, 0.29) is 0 Å². The Morgan fingerprint density at radius 3 is 1.91 bits per heavy atom. The van der Waals surface area contributed by atoms with Crippen molar-refractivity contribution >= 4 is 32.7 Å². The number of furan rings is 1. The molecule has 0 spiro atoms. The lowest BCUT2D eigenvalue weighted by Crippen LogP contribution is -1.97. The highest BCUT2D eigenvalue weighted by Gasteiger charge is 2.17. The quantitative estimate of drug-likeness (QED) is 0.197. The number of nitrogens with zero attached hydrogens (tertiary/aromatic N) is 3. The van der Waals surface area contributed by atoms with Gasteiger partial charge in [-0.05, 0) is 69.9 Å². The van der Waals surface area contributed by atoms with E-state index in [9.17, 15) is 0 Å². The number of hydrogen-bond donors (Lipinski definition) is 0. The Balaban J connectivity index is 1.33. The Morgan fingerprint density at radius 2 is 1.06 bits per heavy atom. The Kier molecular flexibility index (Phi) is 6.43. The van der Waals surface area contributed by atoms with Crippen molar-refractivity contribution in [1.29, 1.82) is 0 Å². The maximum atomic E-state index is 6.52. The fourth-order valence-electron chi connectivity index (χ4n) is 6.51. The third-order valence-corrected chi connectivity index (χ3v) is 8.76. The number of para-hydroxylation sites is 2. The predicted molar refractivity (Wildman–Crippen MR) is 192 cm³/mol. The van der Waals surface area contributed by atoms with Gasteiger partial charge in [0.05, 0.1) is 11.4 Å². The molecule has 0 aliphatic rings. The molecule has 6 aromatic carbocycles. The lowest BCUT2D eigenvalue weighted by molar-refractivity contribution is 0.670. The molecular formula is C43H27N3O. The smallest absolute Gasteiger partial charge is 0.160 e. The van der Waals surface area contributed by atoms with Crippen LogP contribution in [0.2, 0.25) is 0 Å². The lowest BCUT2D eigenvalue weighted by Gasteiger charge is -2.14. The average Bonchev–Trinajstić information content (AvgIpc) is 3.54. The van der Waals surface area contributed by atoms with Gasteiger partial charge in [-0.1, -0.05) is 109 Å². The van der Waals surface area contributed by atoms with E-state index in [0.717, 1.165) is 72.3 Å². The van der Waals surface area contributed by atoms with Gasteiger partial charge < -0.3 is 4.42 Å². The number of rotatable bonds is 5. The van der Waals surface area contributed by atoms with Crippen molar-refractivity contribution in [2.24, 2.45) is 0 Å². The molecule has 9 aromatic rings. The fourth-order valence-corrected chi connectivity index (χ4v) is 6.51. The molecule has 0 saturated heterocycles. The van der Waals surface area contributed by atoms with Crippen LogP contribution in [-0.2, 0) is 0 Å². The van der Waals surface area contributed by atoms with Gasteiger partial charge in [0.25, 0.3) is 0 Å². The van der Waals surface area contributed by atoms with Crippen molar-refractivity contribution in [1.82, 2.24) is 15.0 Å². The normalized spacial score (nSPS) is 11.4. The molecule has 220 valence electrons. The van der Waals surface area contributed by atoms with Gasteiger partial charge >= 0.3 is 0 Å². The largest absolute Gasteiger partial charge is 0.455 e. The summed E-state index contributed by atoms with van der Waals surface area (Å²) in [6.07, 6.45) is 3.63. The second-order valence-corrected chi connectivity index (χ2v) is 11.7. The minimum atomic E-state index is 0.665. The Labute approximate surface area is 271 Å². The molecule has 9 rings (SSSR count). The molecule has 0 saturated carbocycles. The molecule has 3 heterocycles. The second-order valence-electron chi connectivity index (χ2n) is 11.7. The van der Waals surface area contributed by atoms with Crippen molar-refractivity contribution in [2.45, 2.75) is 0 Å². The molecule has 0 N–H and O–H groups in total. The zero-order chi connectivity index (χ0) is 31.2. The molecule has 4 nitrogen and oxygen atoms in total. The van der Waals surface area contributed by atoms with Crippen molar-refractivity contribution in [3.63, 3.8) is 0 Å². The third kappa shape index (κ3) is 4.84. The molecule has 0 unspecified atom stereocenters. The first-order valence-corrected chi connectivity index (χ1v) is 15.7. The van der Waals surface area contributed by atoms with E-state index < -0.39 is 0 Å². The van der Waals surface area contributed by atoms with Gasteiger partial charge in [-0.25, -0.2) is 9.97 Å². The standard InChI is InChI=1S/C43H27N3O/c1-2-12-29(13-3-1)43-45-39(30-15-10-22-44-27-30)26-40(46-43)33-24-31(35-18-8-14-28-11-4-5-16-34(28)35)23-32(25-33)36-19-9-20-38-37-17-6-7-21-41(37)47-42(36)38/h1-27H. The van der Waals surface area contributed by atoms with Crippen LogP contribution in [0.15, 0.2) is 168 Å². The first-order chi connectivity index (χ1) is 23.3. The van der Waals surface area contributed by atoms with E-state index in [2.05, 4.69) is 102 Å². The Bertz CT molecular complexity index is 2510. The van der Waals surface area contributed by atoms with Crippen LogP contribution < -0.4 is 0 Å². The number of aromatic nitrogens is 3. The number of hydrogen-bond acceptors (Lipinski definition) is 4. The number of fused-ring (bicyclic) bond motifs is 4. The van der Waals surface area contributed by atoms with Gasteiger partial charge in [-0.15, -0.1) is 0 Å². The van der Waals surface area contributed by atoms with E-state index >= 15 is 0 Å². The van der Waals surface area contributed by atoms with Gasteiger partial charge in [0.1, 0.15) is 11.2 Å². The summed E-state index contributed by atoms with van der Waals surface area (Å²) in [6.45, 7) is 0. The van der Waals surface area contributed by atoms with E-state index in [0.29, 0.717) is 5.82 Å². The summed E-state index contributed by atoms with van der Waals surface area (Å²) in [6, 6.07) is 52.6. The summed E-state index contributed by atoms with van der Waals surface area (Å²) >= 11 is 0. The zero-order valence-electron chi connectivity index (χ0n) is 25.3. The van der Waals surface area contributed by atoms with Crippen LogP contribution in [0.1, 0.15) is 0 Å². The van der Waals surface area contributed by atoms with Crippen LogP contribution in [0.3, 0.4) is 0 Å². The molecule has 47 heavy (non-hydrogen) atoms. The molecule has 0 aliphatic carbocycles. The highest BCUT2D eigenvalue weighted by Crippen LogP contribution is 2.40. The average molecular weight is 602 g/mol. The summed E-state index contributed by atoms with van der Waals surface area (Å²) in [5, 5.41) is 4.61.